The van der Waals surface area contributed by atoms with E-state index in [1.54, 1.807) is 36.4 Å². The van der Waals surface area contributed by atoms with Gasteiger partial charge in [-0.2, -0.15) is 0 Å². The lowest BCUT2D eigenvalue weighted by Gasteiger charge is -2.07. The molecule has 0 fully saturated rings. The van der Waals surface area contributed by atoms with E-state index < -0.39 is 34.3 Å². The minimum absolute atomic E-state index is 0.248. The molecule has 2 nitrogen and oxygen atoms in total. The van der Waals surface area contributed by atoms with Gasteiger partial charge in [-0.05, 0) is 12.1 Å². The molecule has 0 aliphatic carbocycles. The maximum atomic E-state index is 14.3. The average Bonchev–Trinajstić information content (AvgIpc) is 2.63. The largest absolute Gasteiger partial charge is 0.288 e. The summed E-state index contributed by atoms with van der Waals surface area (Å²) >= 11 is 0. The first kappa shape index (κ1) is 15.7. The van der Waals surface area contributed by atoms with Crippen LogP contribution in [-0.4, -0.2) is 11.6 Å². The van der Waals surface area contributed by atoms with Crippen LogP contribution in [0.25, 0.3) is 0 Å². The van der Waals surface area contributed by atoms with Crippen LogP contribution in [-0.2, 0) is 0 Å². The number of halogens is 2. The molecule has 3 aromatic rings. The highest BCUT2D eigenvalue weighted by Crippen LogP contribution is 2.21. The van der Waals surface area contributed by atoms with Crippen LogP contribution in [0.5, 0.6) is 0 Å². The van der Waals surface area contributed by atoms with Crippen molar-refractivity contribution in [3.63, 3.8) is 0 Å². The summed E-state index contributed by atoms with van der Waals surface area (Å²) in [6, 6.07) is 17.6. The number of carbonyl (C=O) groups is 2. The number of benzene rings is 3. The van der Waals surface area contributed by atoms with E-state index in [1.807, 2.05) is 0 Å². The average molecular weight is 322 g/mol. The Kier molecular flexibility index (Phi) is 4.29. The van der Waals surface area contributed by atoms with Crippen LogP contribution in [0.4, 0.5) is 8.78 Å². The smallest absolute Gasteiger partial charge is 0.196 e. The lowest BCUT2D eigenvalue weighted by Crippen LogP contribution is -2.10. The Morgan fingerprint density at radius 2 is 0.917 bits per heavy atom. The second-order valence-corrected chi connectivity index (χ2v) is 5.20. The van der Waals surface area contributed by atoms with Crippen LogP contribution in [0.2, 0.25) is 0 Å². The molecule has 0 saturated carbocycles. The van der Waals surface area contributed by atoms with Crippen molar-refractivity contribution in [2.75, 3.05) is 0 Å². The minimum Gasteiger partial charge on any atom is -0.288 e. The molecule has 0 saturated heterocycles. The normalized spacial score (nSPS) is 10.4. The fourth-order valence-corrected chi connectivity index (χ4v) is 2.38. The molecule has 4 heteroatoms. The number of carbonyl (C=O) groups excluding carboxylic acids is 2. The van der Waals surface area contributed by atoms with Gasteiger partial charge in [0.25, 0.3) is 0 Å². The van der Waals surface area contributed by atoms with Crippen molar-refractivity contribution in [3.8, 4) is 0 Å². The summed E-state index contributed by atoms with van der Waals surface area (Å²) in [6.07, 6.45) is 0. The molecule has 0 atom stereocenters. The number of hydrogen-bond acceptors (Lipinski definition) is 2. The zero-order valence-corrected chi connectivity index (χ0v) is 12.5. The Bertz CT molecular complexity index is 826. The first-order valence-corrected chi connectivity index (χ1v) is 7.26. The van der Waals surface area contributed by atoms with Crippen LogP contribution in [0.15, 0.2) is 72.8 Å². The zero-order chi connectivity index (χ0) is 17.1. The van der Waals surface area contributed by atoms with Crippen molar-refractivity contribution in [2.24, 2.45) is 0 Å². The van der Waals surface area contributed by atoms with Gasteiger partial charge in [-0.1, -0.05) is 60.7 Å². The highest BCUT2D eigenvalue weighted by Gasteiger charge is 2.21. The molecule has 0 N–H and O–H groups in total. The Balaban J connectivity index is 2.01. The Morgan fingerprint density at radius 3 is 1.25 bits per heavy atom. The fourth-order valence-electron chi connectivity index (χ4n) is 2.38. The second-order valence-electron chi connectivity index (χ2n) is 5.20. The molecule has 0 radical (unpaired) electrons. The van der Waals surface area contributed by atoms with Crippen LogP contribution in [0.3, 0.4) is 0 Å². The van der Waals surface area contributed by atoms with Gasteiger partial charge >= 0.3 is 0 Å². The van der Waals surface area contributed by atoms with Crippen molar-refractivity contribution in [1.82, 2.24) is 0 Å². The monoisotopic (exact) mass is 322 g/mol. The maximum absolute atomic E-state index is 14.3. The summed E-state index contributed by atoms with van der Waals surface area (Å²) in [5.74, 6) is -3.12. The summed E-state index contributed by atoms with van der Waals surface area (Å²) in [6.45, 7) is 0. The minimum atomic E-state index is -0.926. The summed E-state index contributed by atoms with van der Waals surface area (Å²) in [5.41, 5.74) is -0.303. The molecular weight excluding hydrogens is 310 g/mol. The lowest BCUT2D eigenvalue weighted by atomic mass is 9.97. The van der Waals surface area contributed by atoms with Gasteiger partial charge < -0.3 is 0 Å². The predicted molar refractivity (Wildman–Crippen MR) is 86.1 cm³/mol. The highest BCUT2D eigenvalue weighted by atomic mass is 19.1. The maximum Gasteiger partial charge on any atom is 0.196 e. The van der Waals surface area contributed by atoms with Crippen LogP contribution >= 0.6 is 0 Å². The number of ketones is 2. The van der Waals surface area contributed by atoms with E-state index >= 15 is 0 Å². The first-order chi connectivity index (χ1) is 11.6. The van der Waals surface area contributed by atoms with Crippen molar-refractivity contribution in [2.45, 2.75) is 0 Å². The first-order valence-electron chi connectivity index (χ1n) is 7.26. The predicted octanol–water partition coefficient (Wildman–Crippen LogP) is 4.43. The molecule has 3 rings (SSSR count). The number of rotatable bonds is 4. The molecule has 0 heterocycles. The molecule has 0 aromatic heterocycles. The SMILES string of the molecule is O=C(c1ccccc1)c1cc(F)c(C(=O)c2ccccc2)cc1F. The van der Waals surface area contributed by atoms with E-state index in [0.717, 1.165) is 12.1 Å². The molecular formula is C20H12F2O2. The Labute approximate surface area is 137 Å². The molecule has 0 aliphatic heterocycles. The van der Waals surface area contributed by atoms with Crippen LogP contribution in [0, 0.1) is 11.6 Å². The van der Waals surface area contributed by atoms with E-state index in [9.17, 15) is 18.4 Å². The van der Waals surface area contributed by atoms with Crippen molar-refractivity contribution in [3.05, 3.63) is 107 Å². The zero-order valence-electron chi connectivity index (χ0n) is 12.5. The van der Waals surface area contributed by atoms with Crippen molar-refractivity contribution >= 4 is 11.6 Å². The fraction of sp³-hybridized carbons (Fsp3) is 0. The third kappa shape index (κ3) is 2.99. The van der Waals surface area contributed by atoms with E-state index in [-0.39, 0.29) is 11.1 Å². The molecule has 0 aliphatic rings. The van der Waals surface area contributed by atoms with Gasteiger partial charge in [0, 0.05) is 11.1 Å². The molecule has 24 heavy (non-hydrogen) atoms. The third-order valence-corrected chi connectivity index (χ3v) is 3.62. The van der Waals surface area contributed by atoms with Gasteiger partial charge in [0.2, 0.25) is 0 Å². The van der Waals surface area contributed by atoms with Gasteiger partial charge in [-0.3, -0.25) is 9.59 Å². The summed E-state index contributed by atoms with van der Waals surface area (Å²) in [7, 11) is 0. The molecule has 118 valence electrons. The molecule has 0 unspecified atom stereocenters. The van der Waals surface area contributed by atoms with E-state index in [0.29, 0.717) is 0 Å². The van der Waals surface area contributed by atoms with Gasteiger partial charge in [-0.15, -0.1) is 0 Å². The van der Waals surface area contributed by atoms with E-state index in [2.05, 4.69) is 0 Å². The Morgan fingerprint density at radius 1 is 0.583 bits per heavy atom. The van der Waals surface area contributed by atoms with Gasteiger partial charge in [0.15, 0.2) is 11.6 Å². The summed E-state index contributed by atoms with van der Waals surface area (Å²) in [5, 5.41) is 0. The third-order valence-electron chi connectivity index (χ3n) is 3.62. The topological polar surface area (TPSA) is 34.1 Å². The van der Waals surface area contributed by atoms with Crippen molar-refractivity contribution in [1.29, 1.82) is 0 Å². The van der Waals surface area contributed by atoms with Gasteiger partial charge in [0.1, 0.15) is 11.6 Å². The quantitative estimate of drug-likeness (QED) is 0.666. The lowest BCUT2D eigenvalue weighted by molar-refractivity contribution is 0.102. The Hall–Kier alpha value is -3.14. The summed E-state index contributed by atoms with van der Waals surface area (Å²) in [4.78, 5) is 24.6. The van der Waals surface area contributed by atoms with Crippen molar-refractivity contribution < 1.29 is 18.4 Å². The highest BCUT2D eigenvalue weighted by molar-refractivity contribution is 6.12. The molecule has 0 bridgehead atoms. The number of hydrogen-bond donors (Lipinski definition) is 0. The van der Waals surface area contributed by atoms with Crippen LogP contribution in [0.1, 0.15) is 31.8 Å². The molecule has 0 spiro atoms. The van der Waals surface area contributed by atoms with E-state index in [4.69, 9.17) is 0 Å². The molecule has 0 amide bonds. The second kappa shape index (κ2) is 6.54. The standard InChI is InChI=1S/C20H12F2O2/c21-17-12-16(20(24)14-9-5-2-6-10-14)18(22)11-15(17)19(23)13-7-3-1-4-8-13/h1-12H. The van der Waals surface area contributed by atoms with E-state index in [1.165, 1.54) is 24.3 Å². The summed E-state index contributed by atoms with van der Waals surface area (Å²) < 4.78 is 28.6. The van der Waals surface area contributed by atoms with Crippen LogP contribution < -0.4 is 0 Å². The van der Waals surface area contributed by atoms with Gasteiger partial charge in [0.05, 0.1) is 11.1 Å². The van der Waals surface area contributed by atoms with Gasteiger partial charge in [-0.25, -0.2) is 8.78 Å². The molecule has 3 aromatic carbocycles.